The number of carbonyl (C=O) groups is 1. The SMILES string of the molecule is CCCC(OCC)c1noc(CC(C)CC(=O)O)n1. The Balaban J connectivity index is 2.61. The van der Waals surface area contributed by atoms with Crippen molar-refractivity contribution in [1.82, 2.24) is 10.1 Å². The number of hydrogen-bond donors (Lipinski definition) is 1. The Kier molecular flexibility index (Phi) is 6.49. The topological polar surface area (TPSA) is 85.5 Å². The van der Waals surface area contributed by atoms with Crippen molar-refractivity contribution in [3.05, 3.63) is 11.7 Å². The molecule has 0 aliphatic heterocycles. The van der Waals surface area contributed by atoms with Gasteiger partial charge < -0.3 is 14.4 Å². The molecule has 2 unspecified atom stereocenters. The lowest BCUT2D eigenvalue weighted by molar-refractivity contribution is -0.137. The van der Waals surface area contributed by atoms with Gasteiger partial charge in [-0.1, -0.05) is 25.4 Å². The quantitative estimate of drug-likeness (QED) is 0.742. The summed E-state index contributed by atoms with van der Waals surface area (Å²) >= 11 is 0. The molecule has 1 rings (SSSR count). The summed E-state index contributed by atoms with van der Waals surface area (Å²) in [5.74, 6) is 0.193. The number of aromatic nitrogens is 2. The molecule has 0 radical (unpaired) electrons. The zero-order valence-corrected chi connectivity index (χ0v) is 11.8. The molecule has 0 aliphatic rings. The van der Waals surface area contributed by atoms with E-state index >= 15 is 0 Å². The van der Waals surface area contributed by atoms with Crippen LogP contribution in [-0.2, 0) is 16.0 Å². The average Bonchev–Trinajstić information content (AvgIpc) is 2.76. The minimum Gasteiger partial charge on any atom is -0.481 e. The highest BCUT2D eigenvalue weighted by Crippen LogP contribution is 2.21. The molecule has 1 aromatic rings. The lowest BCUT2D eigenvalue weighted by atomic mass is 10.0. The Morgan fingerprint density at radius 3 is 2.79 bits per heavy atom. The maximum Gasteiger partial charge on any atom is 0.303 e. The molecule has 0 saturated carbocycles. The zero-order valence-electron chi connectivity index (χ0n) is 11.8. The van der Waals surface area contributed by atoms with Crippen molar-refractivity contribution in [3.8, 4) is 0 Å². The van der Waals surface area contributed by atoms with E-state index in [1.165, 1.54) is 0 Å². The first-order valence-electron chi connectivity index (χ1n) is 6.72. The maximum atomic E-state index is 10.6. The van der Waals surface area contributed by atoms with Gasteiger partial charge in [0.15, 0.2) is 0 Å². The normalized spacial score (nSPS) is 14.3. The van der Waals surface area contributed by atoms with Gasteiger partial charge in [-0.05, 0) is 19.3 Å². The van der Waals surface area contributed by atoms with Crippen LogP contribution in [0.4, 0.5) is 0 Å². The lowest BCUT2D eigenvalue weighted by Crippen LogP contribution is -2.08. The number of nitrogens with zero attached hydrogens (tertiary/aromatic N) is 2. The summed E-state index contributed by atoms with van der Waals surface area (Å²) in [5, 5.41) is 12.6. The highest BCUT2D eigenvalue weighted by atomic mass is 16.5. The second-order valence-corrected chi connectivity index (χ2v) is 4.69. The molecule has 6 heteroatoms. The van der Waals surface area contributed by atoms with Gasteiger partial charge in [0, 0.05) is 19.4 Å². The third-order valence-electron chi connectivity index (χ3n) is 2.74. The van der Waals surface area contributed by atoms with Gasteiger partial charge in [0.2, 0.25) is 11.7 Å². The van der Waals surface area contributed by atoms with E-state index < -0.39 is 5.97 Å². The molecule has 0 fully saturated rings. The van der Waals surface area contributed by atoms with E-state index in [9.17, 15) is 4.79 Å². The molecule has 0 amide bonds. The Morgan fingerprint density at radius 2 is 2.21 bits per heavy atom. The summed E-state index contributed by atoms with van der Waals surface area (Å²) in [6, 6.07) is 0. The summed E-state index contributed by atoms with van der Waals surface area (Å²) in [4.78, 5) is 14.9. The minimum absolute atomic E-state index is 0.0254. The highest BCUT2D eigenvalue weighted by Gasteiger charge is 2.19. The molecular weight excluding hydrogens is 248 g/mol. The Hall–Kier alpha value is -1.43. The van der Waals surface area contributed by atoms with Crippen LogP contribution in [0.2, 0.25) is 0 Å². The predicted molar refractivity (Wildman–Crippen MR) is 68.7 cm³/mol. The van der Waals surface area contributed by atoms with Gasteiger partial charge in [0.1, 0.15) is 6.10 Å². The van der Waals surface area contributed by atoms with Crippen LogP contribution < -0.4 is 0 Å². The van der Waals surface area contributed by atoms with E-state index in [4.69, 9.17) is 14.4 Å². The molecule has 0 bridgehead atoms. The van der Waals surface area contributed by atoms with Crippen LogP contribution in [0.25, 0.3) is 0 Å². The first kappa shape index (κ1) is 15.6. The standard InChI is InChI=1S/C13H22N2O4/c1-4-6-10(18-5-2)13-14-11(19-15-13)7-9(3)8-12(16)17/h9-10H,4-8H2,1-3H3,(H,16,17). The third kappa shape index (κ3) is 5.38. The number of aliphatic carboxylic acids is 1. The predicted octanol–water partition coefficient (Wildman–Crippen LogP) is 2.60. The highest BCUT2D eigenvalue weighted by molar-refractivity contribution is 5.66. The average molecular weight is 270 g/mol. The first-order chi connectivity index (χ1) is 9.06. The van der Waals surface area contributed by atoms with Crippen LogP contribution in [-0.4, -0.2) is 27.8 Å². The molecule has 19 heavy (non-hydrogen) atoms. The van der Waals surface area contributed by atoms with E-state index in [1.54, 1.807) is 0 Å². The largest absolute Gasteiger partial charge is 0.481 e. The van der Waals surface area contributed by atoms with E-state index in [2.05, 4.69) is 17.1 Å². The molecule has 1 aromatic heterocycles. The van der Waals surface area contributed by atoms with Gasteiger partial charge in [-0.15, -0.1) is 0 Å². The molecule has 1 heterocycles. The van der Waals surface area contributed by atoms with Gasteiger partial charge in [-0.2, -0.15) is 4.98 Å². The van der Waals surface area contributed by atoms with Crippen molar-refractivity contribution in [2.75, 3.05) is 6.61 Å². The summed E-state index contributed by atoms with van der Waals surface area (Å²) in [5.41, 5.74) is 0. The van der Waals surface area contributed by atoms with E-state index in [0.29, 0.717) is 24.7 Å². The summed E-state index contributed by atoms with van der Waals surface area (Å²) in [7, 11) is 0. The third-order valence-corrected chi connectivity index (χ3v) is 2.74. The zero-order chi connectivity index (χ0) is 14.3. The van der Waals surface area contributed by atoms with Gasteiger partial charge >= 0.3 is 5.97 Å². The van der Waals surface area contributed by atoms with Crippen molar-refractivity contribution in [3.63, 3.8) is 0 Å². The van der Waals surface area contributed by atoms with Crippen molar-refractivity contribution < 1.29 is 19.2 Å². The van der Waals surface area contributed by atoms with E-state index in [-0.39, 0.29) is 18.4 Å². The van der Waals surface area contributed by atoms with Gasteiger partial charge in [0.05, 0.1) is 0 Å². The van der Waals surface area contributed by atoms with Crippen LogP contribution in [0.3, 0.4) is 0 Å². The van der Waals surface area contributed by atoms with Crippen LogP contribution in [0.15, 0.2) is 4.52 Å². The van der Waals surface area contributed by atoms with E-state index in [1.807, 2.05) is 13.8 Å². The molecule has 2 atom stereocenters. The number of carboxylic acids is 1. The smallest absolute Gasteiger partial charge is 0.303 e. The minimum atomic E-state index is -0.814. The number of rotatable bonds is 9. The summed E-state index contributed by atoms with van der Waals surface area (Å²) in [6.07, 6.45) is 2.26. The molecular formula is C13H22N2O4. The fraction of sp³-hybridized carbons (Fsp3) is 0.769. The Labute approximate surface area is 113 Å². The van der Waals surface area contributed by atoms with Gasteiger partial charge in [-0.25, -0.2) is 0 Å². The molecule has 0 aromatic carbocycles. The van der Waals surface area contributed by atoms with Crippen LogP contribution in [0.5, 0.6) is 0 Å². The van der Waals surface area contributed by atoms with Gasteiger partial charge in [0.25, 0.3) is 0 Å². The first-order valence-corrected chi connectivity index (χ1v) is 6.72. The number of ether oxygens (including phenoxy) is 1. The Morgan fingerprint density at radius 1 is 1.47 bits per heavy atom. The molecule has 0 aliphatic carbocycles. The number of hydrogen-bond acceptors (Lipinski definition) is 5. The van der Waals surface area contributed by atoms with Crippen molar-refractivity contribution in [2.24, 2.45) is 5.92 Å². The van der Waals surface area contributed by atoms with Crippen LogP contribution >= 0.6 is 0 Å². The van der Waals surface area contributed by atoms with Gasteiger partial charge in [-0.3, -0.25) is 4.79 Å². The fourth-order valence-corrected chi connectivity index (χ4v) is 1.90. The monoisotopic (exact) mass is 270 g/mol. The molecule has 1 N–H and O–H groups in total. The number of carboxylic acid groups (broad SMARTS) is 1. The molecule has 0 spiro atoms. The fourth-order valence-electron chi connectivity index (χ4n) is 1.90. The van der Waals surface area contributed by atoms with Crippen molar-refractivity contribution >= 4 is 5.97 Å². The van der Waals surface area contributed by atoms with E-state index in [0.717, 1.165) is 12.8 Å². The van der Waals surface area contributed by atoms with Crippen molar-refractivity contribution in [1.29, 1.82) is 0 Å². The Bertz CT molecular complexity index is 386. The molecule has 6 nitrogen and oxygen atoms in total. The van der Waals surface area contributed by atoms with Crippen molar-refractivity contribution in [2.45, 2.75) is 52.6 Å². The van der Waals surface area contributed by atoms with Crippen LogP contribution in [0, 0.1) is 5.92 Å². The summed E-state index contributed by atoms with van der Waals surface area (Å²) in [6.45, 7) is 6.45. The lowest BCUT2D eigenvalue weighted by Gasteiger charge is -2.11. The molecule has 0 saturated heterocycles. The van der Waals surface area contributed by atoms with Crippen LogP contribution in [0.1, 0.15) is 57.9 Å². The maximum absolute atomic E-state index is 10.6. The second kappa shape index (κ2) is 7.89. The summed E-state index contributed by atoms with van der Waals surface area (Å²) < 4.78 is 10.7. The second-order valence-electron chi connectivity index (χ2n) is 4.69. The molecule has 108 valence electrons.